The molecule has 0 aliphatic rings. The number of anilines is 1. The third-order valence-electron chi connectivity index (χ3n) is 1.40. The maximum absolute atomic E-state index is 10.6. The van der Waals surface area contributed by atoms with Gasteiger partial charge in [-0.2, -0.15) is 0 Å². The van der Waals surface area contributed by atoms with Crippen LogP contribution in [0.5, 0.6) is 5.75 Å². The van der Waals surface area contributed by atoms with Crippen molar-refractivity contribution in [2.75, 3.05) is 5.73 Å². The number of benzene rings is 1. The number of hydrogen-bond donors (Lipinski definition) is 2. The highest BCUT2D eigenvalue weighted by Gasteiger charge is 2.13. The number of nitrogens with two attached hydrogens (primary N) is 1. The second kappa shape index (κ2) is 3.41. The molecule has 0 bridgehead atoms. The minimum atomic E-state index is -1.09. The molecular weight excluding hydrogens is 177 g/mol. The molecule has 0 aliphatic heterocycles. The molecule has 1 aromatic carbocycles. The molecule has 0 amide bonds. The Kier molecular flexibility index (Phi) is 2.51. The first-order chi connectivity index (χ1) is 5.66. The number of hydrogen-bond acceptors (Lipinski definition) is 3. The van der Waals surface area contributed by atoms with Gasteiger partial charge in [0.1, 0.15) is 11.3 Å². The SMILES string of the molecule is Nc1cccc(OP)c1C(=O)O. The van der Waals surface area contributed by atoms with Crippen LogP contribution in [0.4, 0.5) is 5.69 Å². The van der Waals surface area contributed by atoms with E-state index in [1.54, 1.807) is 6.07 Å². The zero-order valence-electron chi connectivity index (χ0n) is 6.15. The van der Waals surface area contributed by atoms with Crippen molar-refractivity contribution < 1.29 is 14.4 Å². The molecule has 12 heavy (non-hydrogen) atoms. The maximum Gasteiger partial charge on any atom is 0.341 e. The van der Waals surface area contributed by atoms with Crippen LogP contribution in [0, 0.1) is 0 Å². The summed E-state index contributed by atoms with van der Waals surface area (Å²) >= 11 is 0. The van der Waals surface area contributed by atoms with E-state index in [1.165, 1.54) is 12.1 Å². The molecule has 0 radical (unpaired) electrons. The van der Waals surface area contributed by atoms with Crippen LogP contribution in [0.15, 0.2) is 18.2 Å². The summed E-state index contributed by atoms with van der Waals surface area (Å²) in [5.41, 5.74) is 5.62. The van der Waals surface area contributed by atoms with Crippen LogP contribution in [0.25, 0.3) is 0 Å². The van der Waals surface area contributed by atoms with E-state index in [4.69, 9.17) is 15.4 Å². The molecule has 0 fully saturated rings. The Morgan fingerprint density at radius 2 is 2.25 bits per heavy atom. The van der Waals surface area contributed by atoms with Gasteiger partial charge < -0.3 is 15.4 Å². The molecule has 3 N–H and O–H groups in total. The monoisotopic (exact) mass is 185 g/mol. The lowest BCUT2D eigenvalue weighted by Gasteiger charge is -2.05. The van der Waals surface area contributed by atoms with Crippen molar-refractivity contribution in [1.29, 1.82) is 0 Å². The Labute approximate surface area is 71.6 Å². The van der Waals surface area contributed by atoms with Gasteiger partial charge in [0.25, 0.3) is 0 Å². The van der Waals surface area contributed by atoms with Gasteiger partial charge in [-0.3, -0.25) is 0 Å². The topological polar surface area (TPSA) is 72.5 Å². The standard InChI is InChI=1S/C7H8NO3P/c8-4-2-1-3-5(11-12)6(4)7(9)10/h1-3H,8,12H2,(H,9,10). The molecule has 0 spiro atoms. The number of nitrogen functional groups attached to an aromatic ring is 1. The highest BCUT2D eigenvalue weighted by Crippen LogP contribution is 2.25. The normalized spacial score (nSPS) is 9.42. The van der Waals surface area contributed by atoms with E-state index in [-0.39, 0.29) is 17.0 Å². The van der Waals surface area contributed by atoms with E-state index in [9.17, 15) is 4.79 Å². The fourth-order valence-electron chi connectivity index (χ4n) is 0.875. The summed E-state index contributed by atoms with van der Waals surface area (Å²) in [6, 6.07) is 4.67. The van der Waals surface area contributed by atoms with Gasteiger partial charge >= 0.3 is 5.97 Å². The fourth-order valence-corrected chi connectivity index (χ4v) is 1.07. The van der Waals surface area contributed by atoms with E-state index in [2.05, 4.69) is 0 Å². The zero-order valence-corrected chi connectivity index (χ0v) is 7.31. The van der Waals surface area contributed by atoms with Gasteiger partial charge in [0.05, 0.1) is 9.47 Å². The number of aromatic carboxylic acids is 1. The van der Waals surface area contributed by atoms with Gasteiger partial charge in [-0.1, -0.05) is 6.07 Å². The fraction of sp³-hybridized carbons (Fsp3) is 0. The van der Waals surface area contributed by atoms with Crippen LogP contribution in [0.3, 0.4) is 0 Å². The van der Waals surface area contributed by atoms with Crippen LogP contribution in [0.2, 0.25) is 0 Å². The Morgan fingerprint density at radius 1 is 1.58 bits per heavy atom. The number of carboxylic acid groups (broad SMARTS) is 1. The molecule has 5 heteroatoms. The molecule has 4 nitrogen and oxygen atoms in total. The summed E-state index contributed by atoms with van der Waals surface area (Å²) in [6.45, 7) is 0. The van der Waals surface area contributed by atoms with E-state index in [0.717, 1.165) is 0 Å². The van der Waals surface area contributed by atoms with Gasteiger partial charge in [0, 0.05) is 5.69 Å². The Bertz CT molecular complexity index is 314. The summed E-state index contributed by atoms with van der Waals surface area (Å²) in [4.78, 5) is 10.6. The Hall–Kier alpha value is -1.28. The molecule has 1 aromatic rings. The van der Waals surface area contributed by atoms with Crippen LogP contribution in [0.1, 0.15) is 10.4 Å². The van der Waals surface area contributed by atoms with Gasteiger partial charge in [-0.15, -0.1) is 0 Å². The van der Waals surface area contributed by atoms with E-state index >= 15 is 0 Å². The van der Waals surface area contributed by atoms with E-state index < -0.39 is 5.97 Å². The van der Waals surface area contributed by atoms with Gasteiger partial charge in [-0.05, 0) is 12.1 Å². The summed E-state index contributed by atoms with van der Waals surface area (Å²) in [5, 5.41) is 8.71. The molecule has 0 heterocycles. The quantitative estimate of drug-likeness (QED) is 0.535. The Morgan fingerprint density at radius 3 is 2.67 bits per heavy atom. The maximum atomic E-state index is 10.6. The molecule has 1 atom stereocenters. The largest absolute Gasteiger partial charge is 0.479 e. The second-order valence-corrected chi connectivity index (χ2v) is 2.38. The lowest BCUT2D eigenvalue weighted by atomic mass is 10.1. The highest BCUT2D eigenvalue weighted by molar-refractivity contribution is 7.10. The van der Waals surface area contributed by atoms with Crippen molar-refractivity contribution in [1.82, 2.24) is 0 Å². The van der Waals surface area contributed by atoms with Crippen molar-refractivity contribution in [2.24, 2.45) is 0 Å². The van der Waals surface area contributed by atoms with Crippen molar-refractivity contribution in [3.8, 4) is 5.75 Å². The molecule has 64 valence electrons. The first-order valence-corrected chi connectivity index (χ1v) is 3.62. The predicted octanol–water partition coefficient (Wildman–Crippen LogP) is 1.14. The summed E-state index contributed by atoms with van der Waals surface area (Å²) < 4.78 is 4.74. The van der Waals surface area contributed by atoms with Crippen LogP contribution in [-0.2, 0) is 0 Å². The third kappa shape index (κ3) is 1.48. The molecule has 1 rings (SSSR count). The summed E-state index contributed by atoms with van der Waals surface area (Å²) in [5.74, 6) is -0.849. The van der Waals surface area contributed by atoms with Crippen LogP contribution >= 0.6 is 9.47 Å². The van der Waals surface area contributed by atoms with E-state index in [0.29, 0.717) is 0 Å². The van der Waals surface area contributed by atoms with Crippen molar-refractivity contribution in [3.05, 3.63) is 23.8 Å². The minimum absolute atomic E-state index is 0.00694. The number of carboxylic acids is 1. The van der Waals surface area contributed by atoms with Gasteiger partial charge in [-0.25, -0.2) is 4.79 Å². The highest BCUT2D eigenvalue weighted by atomic mass is 31.0. The second-order valence-electron chi connectivity index (χ2n) is 2.14. The molecule has 0 aromatic heterocycles. The average Bonchev–Trinajstić information content (AvgIpc) is 2.03. The van der Waals surface area contributed by atoms with Crippen LogP contribution in [-0.4, -0.2) is 11.1 Å². The summed E-state index contributed by atoms with van der Waals surface area (Å²) in [7, 11) is 1.98. The summed E-state index contributed by atoms with van der Waals surface area (Å²) in [6.07, 6.45) is 0. The van der Waals surface area contributed by atoms with Crippen molar-refractivity contribution >= 4 is 21.1 Å². The molecule has 0 saturated heterocycles. The van der Waals surface area contributed by atoms with Gasteiger partial charge in [0.2, 0.25) is 0 Å². The lowest BCUT2D eigenvalue weighted by Crippen LogP contribution is -2.03. The average molecular weight is 185 g/mol. The minimum Gasteiger partial charge on any atom is -0.479 e. The van der Waals surface area contributed by atoms with Crippen molar-refractivity contribution in [2.45, 2.75) is 0 Å². The first-order valence-electron chi connectivity index (χ1n) is 3.15. The van der Waals surface area contributed by atoms with E-state index in [1.807, 2.05) is 9.47 Å². The zero-order chi connectivity index (χ0) is 9.14. The molecule has 0 saturated carbocycles. The Balaban J connectivity index is 3.29. The van der Waals surface area contributed by atoms with Crippen LogP contribution < -0.4 is 10.3 Å². The first kappa shape index (κ1) is 8.81. The number of rotatable bonds is 2. The van der Waals surface area contributed by atoms with Crippen molar-refractivity contribution in [3.63, 3.8) is 0 Å². The third-order valence-corrected chi connectivity index (χ3v) is 1.65. The molecular formula is C7H8NO3P. The smallest absolute Gasteiger partial charge is 0.341 e. The lowest BCUT2D eigenvalue weighted by molar-refractivity contribution is 0.0696. The molecule has 1 unspecified atom stereocenters. The van der Waals surface area contributed by atoms with Gasteiger partial charge in [0.15, 0.2) is 0 Å². The number of carbonyl (C=O) groups is 1. The predicted molar refractivity (Wildman–Crippen MR) is 48.2 cm³/mol. The molecule has 0 aliphatic carbocycles.